The van der Waals surface area contributed by atoms with Crippen LogP contribution in [0.4, 0.5) is 0 Å². The number of hydrogen-bond acceptors (Lipinski definition) is 0. The molecule has 0 aromatic heterocycles. The zero-order valence-electron chi connectivity index (χ0n) is 10.4. The summed E-state index contributed by atoms with van der Waals surface area (Å²) in [7, 11) is 0. The van der Waals surface area contributed by atoms with Gasteiger partial charge in [0.2, 0.25) is 0 Å². The first-order valence-corrected chi connectivity index (χ1v) is 6.76. The van der Waals surface area contributed by atoms with E-state index >= 15 is 0 Å². The lowest BCUT2D eigenvalue weighted by Crippen LogP contribution is -2.19. The number of hydrogen-bond donors (Lipinski definition) is 0. The Hall–Kier alpha value is -0.260. The van der Waals surface area contributed by atoms with Gasteiger partial charge in [-0.15, -0.1) is 0 Å². The molecule has 0 spiro atoms. The van der Waals surface area contributed by atoms with Gasteiger partial charge in [0, 0.05) is 0 Å². The van der Waals surface area contributed by atoms with Crippen LogP contribution < -0.4 is 0 Å². The molecule has 3 aliphatic carbocycles. The van der Waals surface area contributed by atoms with Crippen LogP contribution in [0.5, 0.6) is 0 Å². The highest BCUT2D eigenvalue weighted by Crippen LogP contribution is 2.61. The van der Waals surface area contributed by atoms with Gasteiger partial charge in [0.25, 0.3) is 0 Å². The lowest BCUT2D eigenvalue weighted by Gasteiger charge is -2.28. The van der Waals surface area contributed by atoms with Gasteiger partial charge in [-0.05, 0) is 54.8 Å². The van der Waals surface area contributed by atoms with E-state index in [4.69, 9.17) is 0 Å². The molecule has 84 valence electrons. The van der Waals surface area contributed by atoms with E-state index in [1.807, 2.05) is 5.57 Å². The smallest absolute Gasteiger partial charge is 0.0169 e. The summed E-state index contributed by atoms with van der Waals surface area (Å²) in [6, 6.07) is 0. The van der Waals surface area contributed by atoms with Crippen LogP contribution >= 0.6 is 0 Å². The molecule has 3 aliphatic rings. The Labute approximate surface area is 94.1 Å². The van der Waals surface area contributed by atoms with Gasteiger partial charge in [0.1, 0.15) is 0 Å². The molecule has 4 unspecified atom stereocenters. The molecule has 4 atom stereocenters. The van der Waals surface area contributed by atoms with Gasteiger partial charge < -0.3 is 0 Å². The van der Waals surface area contributed by atoms with Crippen LogP contribution in [0.3, 0.4) is 0 Å². The van der Waals surface area contributed by atoms with E-state index in [2.05, 4.69) is 26.8 Å². The zero-order valence-corrected chi connectivity index (χ0v) is 10.4. The van der Waals surface area contributed by atoms with Crippen molar-refractivity contribution in [2.24, 2.45) is 29.1 Å². The van der Waals surface area contributed by atoms with Crippen molar-refractivity contribution in [2.75, 3.05) is 0 Å². The summed E-state index contributed by atoms with van der Waals surface area (Å²) in [5, 5.41) is 0. The molecule has 3 fully saturated rings. The van der Waals surface area contributed by atoms with E-state index in [0.717, 1.165) is 23.7 Å². The fraction of sp³-hybridized carbons (Fsp3) is 0.867. The molecule has 0 aromatic rings. The van der Waals surface area contributed by atoms with Crippen LogP contribution in [0.15, 0.2) is 11.6 Å². The summed E-state index contributed by atoms with van der Waals surface area (Å²) in [5.41, 5.74) is 2.23. The minimum Gasteiger partial charge on any atom is -0.0796 e. The maximum absolute atomic E-state index is 2.59. The maximum atomic E-state index is 2.59. The molecule has 0 aliphatic heterocycles. The number of allylic oxidation sites excluding steroid dienone is 2. The van der Waals surface area contributed by atoms with E-state index in [-0.39, 0.29) is 0 Å². The second-order valence-corrected chi connectivity index (χ2v) is 7.15. The van der Waals surface area contributed by atoms with Gasteiger partial charge in [-0.25, -0.2) is 0 Å². The van der Waals surface area contributed by atoms with E-state index in [0.29, 0.717) is 5.41 Å². The first-order chi connectivity index (χ1) is 7.04. The molecule has 15 heavy (non-hydrogen) atoms. The van der Waals surface area contributed by atoms with Gasteiger partial charge >= 0.3 is 0 Å². The third kappa shape index (κ3) is 1.57. The van der Waals surface area contributed by atoms with Crippen LogP contribution in [0.1, 0.15) is 52.9 Å². The lowest BCUT2D eigenvalue weighted by molar-refractivity contribution is 0.302. The minimum absolute atomic E-state index is 0.397. The highest BCUT2D eigenvalue weighted by molar-refractivity contribution is 5.23. The SMILES string of the molecule is CC(C)(C)/C=C1\CC2CC1C1CCCC21. The second kappa shape index (κ2) is 3.12. The summed E-state index contributed by atoms with van der Waals surface area (Å²) >= 11 is 0. The fourth-order valence-electron chi connectivity index (χ4n) is 4.62. The maximum Gasteiger partial charge on any atom is -0.0169 e. The Morgan fingerprint density at radius 2 is 1.87 bits per heavy atom. The van der Waals surface area contributed by atoms with Crippen molar-refractivity contribution in [3.05, 3.63) is 11.6 Å². The average molecular weight is 204 g/mol. The van der Waals surface area contributed by atoms with E-state index < -0.39 is 0 Å². The quantitative estimate of drug-likeness (QED) is 0.513. The molecule has 0 saturated heterocycles. The molecule has 0 heterocycles. The van der Waals surface area contributed by atoms with Crippen molar-refractivity contribution in [3.63, 3.8) is 0 Å². The first-order valence-electron chi connectivity index (χ1n) is 6.76. The fourth-order valence-corrected chi connectivity index (χ4v) is 4.62. The Kier molecular flexibility index (Phi) is 2.06. The van der Waals surface area contributed by atoms with Crippen LogP contribution in [0, 0.1) is 29.1 Å². The van der Waals surface area contributed by atoms with Gasteiger partial charge in [-0.1, -0.05) is 38.8 Å². The predicted molar refractivity (Wildman–Crippen MR) is 64.6 cm³/mol. The molecule has 2 bridgehead atoms. The van der Waals surface area contributed by atoms with E-state index in [1.165, 1.54) is 25.7 Å². The third-order valence-electron chi connectivity index (χ3n) is 4.90. The summed E-state index contributed by atoms with van der Waals surface area (Å²) < 4.78 is 0. The van der Waals surface area contributed by atoms with Crippen molar-refractivity contribution in [1.82, 2.24) is 0 Å². The minimum atomic E-state index is 0.397. The highest BCUT2D eigenvalue weighted by Gasteiger charge is 2.51. The standard InChI is InChI=1S/C15H24/c1-15(2,3)9-11-7-10-8-14(11)13-6-4-5-12(10)13/h9-10,12-14H,4-8H2,1-3H3/b11-9+. The van der Waals surface area contributed by atoms with Crippen LogP contribution in [-0.2, 0) is 0 Å². The molecule has 0 aromatic carbocycles. The topological polar surface area (TPSA) is 0 Å². The Balaban J connectivity index is 1.84. The summed E-state index contributed by atoms with van der Waals surface area (Å²) in [4.78, 5) is 0. The van der Waals surface area contributed by atoms with Gasteiger partial charge in [-0.3, -0.25) is 0 Å². The monoisotopic (exact) mass is 204 g/mol. The van der Waals surface area contributed by atoms with E-state index in [9.17, 15) is 0 Å². The molecular formula is C15H24. The van der Waals surface area contributed by atoms with Gasteiger partial charge in [0.15, 0.2) is 0 Å². The molecular weight excluding hydrogens is 180 g/mol. The van der Waals surface area contributed by atoms with Crippen LogP contribution in [0.2, 0.25) is 0 Å². The highest BCUT2D eigenvalue weighted by atomic mass is 14.6. The molecule has 3 rings (SSSR count). The van der Waals surface area contributed by atoms with Crippen LogP contribution in [-0.4, -0.2) is 0 Å². The van der Waals surface area contributed by atoms with Crippen molar-refractivity contribution < 1.29 is 0 Å². The van der Waals surface area contributed by atoms with Crippen molar-refractivity contribution in [2.45, 2.75) is 52.9 Å². The van der Waals surface area contributed by atoms with Crippen molar-refractivity contribution in [3.8, 4) is 0 Å². The Bertz CT molecular complexity index is 292. The lowest BCUT2D eigenvalue weighted by atomic mass is 9.77. The summed E-state index contributed by atoms with van der Waals surface area (Å²) in [6.07, 6.45) is 10.2. The Morgan fingerprint density at radius 1 is 1.13 bits per heavy atom. The molecule has 0 amide bonds. The van der Waals surface area contributed by atoms with Crippen molar-refractivity contribution in [1.29, 1.82) is 0 Å². The number of rotatable bonds is 0. The molecule has 0 nitrogen and oxygen atoms in total. The average Bonchev–Trinajstić information content (AvgIpc) is 2.66. The van der Waals surface area contributed by atoms with Crippen LogP contribution in [0.25, 0.3) is 0 Å². The normalized spacial score (nSPS) is 46.5. The van der Waals surface area contributed by atoms with E-state index in [1.54, 1.807) is 6.42 Å². The largest absolute Gasteiger partial charge is 0.0796 e. The molecule has 0 N–H and O–H groups in total. The molecule has 0 heteroatoms. The summed E-state index contributed by atoms with van der Waals surface area (Å²) in [6.45, 7) is 7.04. The molecule has 0 radical (unpaired) electrons. The second-order valence-electron chi connectivity index (χ2n) is 7.15. The number of fused-ring (bicyclic) bond motifs is 5. The van der Waals surface area contributed by atoms with Crippen molar-refractivity contribution >= 4 is 0 Å². The zero-order chi connectivity index (χ0) is 10.6. The predicted octanol–water partition coefficient (Wildman–Crippen LogP) is 4.42. The van der Waals surface area contributed by atoms with Gasteiger partial charge in [0.05, 0.1) is 0 Å². The molecule has 3 saturated carbocycles. The summed E-state index contributed by atoms with van der Waals surface area (Å²) in [5.74, 6) is 4.31. The Morgan fingerprint density at radius 3 is 2.60 bits per heavy atom. The first kappa shape index (κ1) is 9.93. The third-order valence-corrected chi connectivity index (χ3v) is 4.90. The van der Waals surface area contributed by atoms with Gasteiger partial charge in [-0.2, -0.15) is 0 Å².